The molecule has 1 aromatic carbocycles. The Hall–Kier alpha value is -2.41. The highest BCUT2D eigenvalue weighted by Gasteiger charge is 2.31. The Labute approximate surface area is 144 Å². The van der Waals surface area contributed by atoms with Gasteiger partial charge in [-0.05, 0) is 31.5 Å². The van der Waals surface area contributed by atoms with E-state index in [-0.39, 0.29) is 12.5 Å². The Balaban J connectivity index is 1.58. The van der Waals surface area contributed by atoms with Crippen LogP contribution in [0.2, 0.25) is 0 Å². The molecule has 0 radical (unpaired) electrons. The zero-order valence-electron chi connectivity index (χ0n) is 14.1. The van der Waals surface area contributed by atoms with Crippen LogP contribution in [-0.4, -0.2) is 57.5 Å². The number of piperazine rings is 1. The SMILES string of the molecule is O=C(Cn1c(=O)[nH]c(=O)c2ccccc21)N1CCN2CCCCC2C1. The highest BCUT2D eigenvalue weighted by Crippen LogP contribution is 2.21. The molecule has 132 valence electrons. The van der Waals surface area contributed by atoms with E-state index >= 15 is 0 Å². The lowest BCUT2D eigenvalue weighted by atomic mass is 9.99. The lowest BCUT2D eigenvalue weighted by Gasteiger charge is -2.44. The van der Waals surface area contributed by atoms with Gasteiger partial charge in [0.15, 0.2) is 0 Å². The first-order valence-corrected chi connectivity index (χ1v) is 8.87. The Kier molecular flexibility index (Phi) is 4.17. The summed E-state index contributed by atoms with van der Waals surface area (Å²) in [5, 5.41) is 0.423. The van der Waals surface area contributed by atoms with E-state index in [9.17, 15) is 14.4 Å². The zero-order chi connectivity index (χ0) is 17.4. The van der Waals surface area contributed by atoms with Gasteiger partial charge in [-0.1, -0.05) is 18.6 Å². The summed E-state index contributed by atoms with van der Waals surface area (Å²) < 4.78 is 1.37. The molecule has 3 heterocycles. The van der Waals surface area contributed by atoms with Gasteiger partial charge in [0, 0.05) is 25.7 Å². The number of hydrogen-bond donors (Lipinski definition) is 1. The molecule has 2 fully saturated rings. The van der Waals surface area contributed by atoms with Gasteiger partial charge in [0.25, 0.3) is 5.56 Å². The Morgan fingerprint density at radius 3 is 2.84 bits per heavy atom. The van der Waals surface area contributed by atoms with Gasteiger partial charge in [-0.15, -0.1) is 0 Å². The molecule has 2 aliphatic heterocycles. The normalized spacial score (nSPS) is 21.3. The summed E-state index contributed by atoms with van der Waals surface area (Å²) in [4.78, 5) is 43.6. The fourth-order valence-electron chi connectivity index (χ4n) is 4.02. The maximum absolute atomic E-state index is 12.8. The minimum atomic E-state index is -0.534. The smallest absolute Gasteiger partial charge is 0.329 e. The molecule has 1 amide bonds. The predicted octanol–water partition coefficient (Wildman–Crippen LogP) is 0.386. The van der Waals surface area contributed by atoms with Crippen LogP contribution in [0.15, 0.2) is 33.9 Å². The Morgan fingerprint density at radius 1 is 1.12 bits per heavy atom. The summed E-state index contributed by atoms with van der Waals surface area (Å²) in [5.41, 5.74) is -0.450. The lowest BCUT2D eigenvalue weighted by molar-refractivity contribution is -0.135. The second-order valence-corrected chi connectivity index (χ2v) is 6.89. The van der Waals surface area contributed by atoms with Crippen molar-refractivity contribution >= 4 is 16.8 Å². The standard InChI is InChI=1S/C18H22N4O3/c23-16(21-10-9-20-8-4-3-5-13(20)11-21)12-22-15-7-2-1-6-14(15)17(24)19-18(22)25/h1-2,6-7,13H,3-5,8-12H2,(H,19,24,25). The van der Waals surface area contributed by atoms with Gasteiger partial charge in [-0.3, -0.25) is 24.0 Å². The summed E-state index contributed by atoms with van der Waals surface area (Å²) in [6.45, 7) is 3.41. The Morgan fingerprint density at radius 2 is 1.96 bits per heavy atom. The van der Waals surface area contributed by atoms with Crippen LogP contribution in [0, 0.1) is 0 Å². The molecule has 1 unspecified atom stereocenters. The first-order chi connectivity index (χ1) is 12.1. The second-order valence-electron chi connectivity index (χ2n) is 6.89. The molecule has 2 aliphatic rings. The van der Waals surface area contributed by atoms with Crippen molar-refractivity contribution in [1.29, 1.82) is 0 Å². The van der Waals surface area contributed by atoms with Crippen molar-refractivity contribution in [3.8, 4) is 0 Å². The maximum Gasteiger partial charge on any atom is 0.329 e. The minimum Gasteiger partial charge on any atom is -0.338 e. The van der Waals surface area contributed by atoms with Gasteiger partial charge in [0.2, 0.25) is 5.91 Å². The van der Waals surface area contributed by atoms with Crippen LogP contribution in [0.5, 0.6) is 0 Å². The molecule has 25 heavy (non-hydrogen) atoms. The zero-order valence-corrected chi connectivity index (χ0v) is 14.1. The molecule has 0 spiro atoms. The van der Waals surface area contributed by atoms with Crippen LogP contribution in [0.1, 0.15) is 19.3 Å². The number of aromatic nitrogens is 2. The number of carbonyl (C=O) groups excluding carboxylic acids is 1. The number of amides is 1. The van der Waals surface area contributed by atoms with E-state index in [1.165, 1.54) is 17.4 Å². The maximum atomic E-state index is 12.8. The third-order valence-electron chi connectivity index (χ3n) is 5.39. The number of hydrogen-bond acceptors (Lipinski definition) is 4. The summed E-state index contributed by atoms with van der Waals surface area (Å²) in [6, 6.07) is 7.32. The van der Waals surface area contributed by atoms with E-state index in [1.807, 2.05) is 4.90 Å². The van der Waals surface area contributed by atoms with Crippen molar-refractivity contribution in [3.63, 3.8) is 0 Å². The second kappa shape index (κ2) is 6.48. The molecule has 0 bridgehead atoms. The van der Waals surface area contributed by atoms with Gasteiger partial charge >= 0.3 is 5.69 Å². The van der Waals surface area contributed by atoms with Crippen LogP contribution >= 0.6 is 0 Å². The number of carbonyl (C=O) groups is 1. The number of fused-ring (bicyclic) bond motifs is 2. The molecule has 7 nitrogen and oxygen atoms in total. The monoisotopic (exact) mass is 342 g/mol. The van der Waals surface area contributed by atoms with Crippen molar-refractivity contribution in [2.75, 3.05) is 26.2 Å². The quantitative estimate of drug-likeness (QED) is 0.856. The van der Waals surface area contributed by atoms with Crippen LogP contribution in [-0.2, 0) is 11.3 Å². The van der Waals surface area contributed by atoms with Crippen LogP contribution in [0.25, 0.3) is 10.9 Å². The van der Waals surface area contributed by atoms with Gasteiger partial charge in [-0.25, -0.2) is 4.79 Å². The Bertz CT molecular complexity index is 916. The average molecular weight is 342 g/mol. The van der Waals surface area contributed by atoms with Gasteiger partial charge in [-0.2, -0.15) is 0 Å². The van der Waals surface area contributed by atoms with Crippen LogP contribution in [0.3, 0.4) is 0 Å². The fraction of sp³-hybridized carbons (Fsp3) is 0.500. The number of piperidine rings is 1. The summed E-state index contributed by atoms with van der Waals surface area (Å²) in [5.74, 6) is -0.0653. The van der Waals surface area contributed by atoms with E-state index in [0.29, 0.717) is 23.5 Å². The van der Waals surface area contributed by atoms with Crippen molar-refractivity contribution in [1.82, 2.24) is 19.4 Å². The molecule has 7 heteroatoms. The van der Waals surface area contributed by atoms with Crippen molar-refractivity contribution in [3.05, 3.63) is 45.1 Å². The van der Waals surface area contributed by atoms with E-state index in [1.54, 1.807) is 24.3 Å². The molecule has 2 saturated heterocycles. The molecular formula is C18H22N4O3. The number of benzene rings is 1. The van der Waals surface area contributed by atoms with Crippen molar-refractivity contribution < 1.29 is 4.79 Å². The first-order valence-electron chi connectivity index (χ1n) is 8.87. The summed E-state index contributed by atoms with van der Waals surface area (Å²) >= 11 is 0. The van der Waals surface area contributed by atoms with Crippen molar-refractivity contribution in [2.24, 2.45) is 0 Å². The van der Waals surface area contributed by atoms with Gasteiger partial charge in [0.1, 0.15) is 6.54 Å². The van der Waals surface area contributed by atoms with Crippen molar-refractivity contribution in [2.45, 2.75) is 31.8 Å². The number of nitrogens with zero attached hydrogens (tertiary/aromatic N) is 3. The van der Waals surface area contributed by atoms with E-state index in [0.717, 1.165) is 26.1 Å². The highest BCUT2D eigenvalue weighted by atomic mass is 16.2. The number of nitrogens with one attached hydrogen (secondary N) is 1. The molecule has 4 rings (SSSR count). The number of para-hydroxylation sites is 1. The van der Waals surface area contributed by atoms with E-state index in [4.69, 9.17) is 0 Å². The lowest BCUT2D eigenvalue weighted by Crippen LogP contribution is -2.56. The number of aromatic amines is 1. The van der Waals surface area contributed by atoms with Crippen LogP contribution < -0.4 is 11.2 Å². The topological polar surface area (TPSA) is 78.4 Å². The number of rotatable bonds is 2. The first kappa shape index (κ1) is 16.1. The summed E-state index contributed by atoms with van der Waals surface area (Å²) in [6.07, 6.45) is 3.59. The molecule has 0 saturated carbocycles. The molecule has 1 aromatic heterocycles. The van der Waals surface area contributed by atoms with Crippen LogP contribution in [0.4, 0.5) is 0 Å². The molecule has 1 atom stereocenters. The van der Waals surface area contributed by atoms with Gasteiger partial charge in [0.05, 0.1) is 10.9 Å². The number of H-pyrrole nitrogens is 1. The average Bonchev–Trinajstić information content (AvgIpc) is 2.64. The largest absolute Gasteiger partial charge is 0.338 e. The third kappa shape index (κ3) is 3.00. The molecular weight excluding hydrogens is 320 g/mol. The fourth-order valence-corrected chi connectivity index (χ4v) is 4.02. The molecule has 0 aliphatic carbocycles. The minimum absolute atomic E-state index is 0.0388. The van der Waals surface area contributed by atoms with E-state index < -0.39 is 11.2 Å². The van der Waals surface area contributed by atoms with E-state index in [2.05, 4.69) is 9.88 Å². The predicted molar refractivity (Wildman–Crippen MR) is 94.6 cm³/mol. The third-order valence-corrected chi connectivity index (χ3v) is 5.39. The summed E-state index contributed by atoms with van der Waals surface area (Å²) in [7, 11) is 0. The molecule has 2 aromatic rings. The highest BCUT2D eigenvalue weighted by molar-refractivity contribution is 5.81. The van der Waals surface area contributed by atoms with Gasteiger partial charge < -0.3 is 4.90 Å². The molecule has 1 N–H and O–H groups in total.